The molecule has 4 heteroatoms. The van der Waals surface area contributed by atoms with E-state index in [1.54, 1.807) is 6.20 Å². The zero-order valence-corrected chi connectivity index (χ0v) is 13.0. The largest absolute Gasteiger partial charge is 0.481 e. The number of para-hydroxylation sites is 1. The maximum Gasteiger partial charge on any atom is 0.313 e. The molecule has 0 fully saturated rings. The monoisotopic (exact) mass is 318 g/mol. The highest BCUT2D eigenvalue weighted by Crippen LogP contribution is 2.33. The standard InChI is InChI=1S/C20H18N2O2/c23-20(24)18(15-9-3-1-4-10-15)19(17-13-7-8-14-21-17)22-16-11-5-2-6-12-16/h1-14,18-19,22H,(H,23,24). The van der Waals surface area contributed by atoms with Crippen LogP contribution in [0.4, 0.5) is 5.69 Å². The molecule has 2 N–H and O–H groups in total. The van der Waals surface area contributed by atoms with Gasteiger partial charge in [0.1, 0.15) is 5.92 Å². The fourth-order valence-electron chi connectivity index (χ4n) is 2.74. The summed E-state index contributed by atoms with van der Waals surface area (Å²) in [6.45, 7) is 0. The van der Waals surface area contributed by atoms with Gasteiger partial charge in [-0.1, -0.05) is 54.6 Å². The molecule has 0 saturated heterocycles. The zero-order chi connectivity index (χ0) is 16.8. The number of anilines is 1. The van der Waals surface area contributed by atoms with Gasteiger partial charge in [-0.15, -0.1) is 0 Å². The second kappa shape index (κ2) is 7.42. The Morgan fingerprint density at radius 1 is 0.875 bits per heavy atom. The summed E-state index contributed by atoms with van der Waals surface area (Å²) in [5, 5.41) is 13.2. The molecule has 0 radical (unpaired) electrons. The van der Waals surface area contributed by atoms with Gasteiger partial charge in [0.2, 0.25) is 0 Å². The van der Waals surface area contributed by atoms with Crippen LogP contribution in [0.25, 0.3) is 0 Å². The van der Waals surface area contributed by atoms with E-state index in [0.717, 1.165) is 11.3 Å². The summed E-state index contributed by atoms with van der Waals surface area (Å²) in [6, 6.07) is 23.9. The molecular formula is C20H18N2O2. The van der Waals surface area contributed by atoms with Crippen molar-refractivity contribution >= 4 is 11.7 Å². The van der Waals surface area contributed by atoms with Gasteiger partial charge in [-0.25, -0.2) is 0 Å². The molecule has 120 valence electrons. The number of pyridine rings is 1. The molecule has 1 heterocycles. The average Bonchev–Trinajstić information content (AvgIpc) is 2.63. The van der Waals surface area contributed by atoms with E-state index in [2.05, 4.69) is 10.3 Å². The molecule has 0 bridgehead atoms. The molecule has 4 nitrogen and oxygen atoms in total. The Morgan fingerprint density at radius 3 is 2.08 bits per heavy atom. The van der Waals surface area contributed by atoms with Crippen molar-refractivity contribution in [1.82, 2.24) is 4.98 Å². The number of aromatic nitrogens is 1. The van der Waals surface area contributed by atoms with E-state index in [9.17, 15) is 9.90 Å². The molecule has 2 aromatic carbocycles. The third-order valence-corrected chi connectivity index (χ3v) is 3.86. The van der Waals surface area contributed by atoms with E-state index < -0.39 is 17.9 Å². The number of benzene rings is 2. The fourth-order valence-corrected chi connectivity index (χ4v) is 2.74. The second-order valence-electron chi connectivity index (χ2n) is 5.47. The van der Waals surface area contributed by atoms with Crippen molar-refractivity contribution in [1.29, 1.82) is 0 Å². The van der Waals surface area contributed by atoms with Crippen LogP contribution >= 0.6 is 0 Å². The minimum Gasteiger partial charge on any atom is -0.481 e. The third kappa shape index (κ3) is 3.60. The molecule has 0 spiro atoms. The lowest BCUT2D eigenvalue weighted by Gasteiger charge is -2.26. The van der Waals surface area contributed by atoms with Crippen LogP contribution in [0, 0.1) is 0 Å². The summed E-state index contributed by atoms with van der Waals surface area (Å²) in [7, 11) is 0. The summed E-state index contributed by atoms with van der Waals surface area (Å²) in [4.78, 5) is 16.4. The molecule has 2 unspecified atom stereocenters. The number of hydrogen-bond acceptors (Lipinski definition) is 3. The van der Waals surface area contributed by atoms with Gasteiger partial charge in [0.25, 0.3) is 0 Å². The predicted octanol–water partition coefficient (Wildman–Crippen LogP) is 4.10. The fraction of sp³-hybridized carbons (Fsp3) is 0.100. The first-order valence-corrected chi connectivity index (χ1v) is 7.76. The minimum absolute atomic E-state index is 0.478. The number of carboxylic acid groups (broad SMARTS) is 1. The molecule has 3 aromatic rings. The highest BCUT2D eigenvalue weighted by atomic mass is 16.4. The van der Waals surface area contributed by atoms with Crippen LogP contribution < -0.4 is 5.32 Å². The van der Waals surface area contributed by atoms with Gasteiger partial charge in [0.15, 0.2) is 0 Å². The third-order valence-electron chi connectivity index (χ3n) is 3.86. The van der Waals surface area contributed by atoms with Crippen LogP contribution in [0.15, 0.2) is 85.1 Å². The van der Waals surface area contributed by atoms with Crippen LogP contribution in [0.3, 0.4) is 0 Å². The zero-order valence-electron chi connectivity index (χ0n) is 13.0. The molecule has 0 saturated carbocycles. The van der Waals surface area contributed by atoms with Crippen molar-refractivity contribution in [3.63, 3.8) is 0 Å². The summed E-state index contributed by atoms with van der Waals surface area (Å²) in [6.07, 6.45) is 1.68. The van der Waals surface area contributed by atoms with Crippen LogP contribution in [0.1, 0.15) is 23.2 Å². The summed E-state index contributed by atoms with van der Waals surface area (Å²) in [5.41, 5.74) is 2.29. The Labute approximate surface area is 140 Å². The Hall–Kier alpha value is -3.14. The number of nitrogens with zero attached hydrogens (tertiary/aromatic N) is 1. The van der Waals surface area contributed by atoms with E-state index in [4.69, 9.17) is 0 Å². The highest BCUT2D eigenvalue weighted by Gasteiger charge is 2.32. The van der Waals surface area contributed by atoms with Crippen molar-refractivity contribution in [3.8, 4) is 0 Å². The second-order valence-corrected chi connectivity index (χ2v) is 5.47. The number of hydrogen-bond donors (Lipinski definition) is 2. The molecule has 3 rings (SSSR count). The maximum absolute atomic E-state index is 12.0. The van der Waals surface area contributed by atoms with E-state index >= 15 is 0 Å². The normalized spacial score (nSPS) is 13.0. The van der Waals surface area contributed by atoms with Crippen molar-refractivity contribution < 1.29 is 9.90 Å². The Morgan fingerprint density at radius 2 is 1.50 bits per heavy atom. The molecule has 24 heavy (non-hydrogen) atoms. The predicted molar refractivity (Wildman–Crippen MR) is 93.9 cm³/mol. The van der Waals surface area contributed by atoms with Crippen molar-refractivity contribution in [2.75, 3.05) is 5.32 Å². The minimum atomic E-state index is -0.889. The van der Waals surface area contributed by atoms with Crippen LogP contribution in [0.5, 0.6) is 0 Å². The van der Waals surface area contributed by atoms with E-state index in [-0.39, 0.29) is 0 Å². The van der Waals surface area contributed by atoms with Crippen molar-refractivity contribution in [2.24, 2.45) is 0 Å². The Bertz CT molecular complexity index is 777. The molecule has 1 aromatic heterocycles. The smallest absolute Gasteiger partial charge is 0.313 e. The van der Waals surface area contributed by atoms with E-state index in [1.165, 1.54) is 0 Å². The molecule has 0 amide bonds. The van der Waals surface area contributed by atoms with Gasteiger partial charge in [-0.05, 0) is 29.8 Å². The number of carbonyl (C=O) groups is 1. The Balaban J connectivity index is 2.03. The quantitative estimate of drug-likeness (QED) is 0.718. The molecule has 0 aliphatic carbocycles. The van der Waals surface area contributed by atoms with Crippen molar-refractivity contribution in [3.05, 3.63) is 96.3 Å². The summed E-state index contributed by atoms with van der Waals surface area (Å²) >= 11 is 0. The van der Waals surface area contributed by atoms with Crippen LogP contribution in [-0.2, 0) is 4.79 Å². The van der Waals surface area contributed by atoms with Crippen molar-refractivity contribution in [2.45, 2.75) is 12.0 Å². The van der Waals surface area contributed by atoms with Crippen LogP contribution in [0.2, 0.25) is 0 Å². The highest BCUT2D eigenvalue weighted by molar-refractivity contribution is 5.78. The lowest BCUT2D eigenvalue weighted by molar-refractivity contribution is -0.139. The van der Waals surface area contributed by atoms with Gasteiger partial charge in [-0.2, -0.15) is 0 Å². The van der Waals surface area contributed by atoms with Gasteiger partial charge in [0, 0.05) is 11.9 Å². The SMILES string of the molecule is O=C(O)C(c1ccccc1)C(Nc1ccccc1)c1ccccn1. The van der Waals surface area contributed by atoms with Crippen LogP contribution in [-0.4, -0.2) is 16.1 Å². The lowest BCUT2D eigenvalue weighted by Crippen LogP contribution is -2.26. The maximum atomic E-state index is 12.0. The topological polar surface area (TPSA) is 62.2 Å². The molecule has 0 aliphatic rings. The van der Waals surface area contributed by atoms with E-state index in [1.807, 2.05) is 78.9 Å². The first-order valence-electron chi connectivity index (χ1n) is 7.76. The number of rotatable bonds is 6. The first-order chi connectivity index (χ1) is 11.8. The van der Waals surface area contributed by atoms with Gasteiger partial charge in [0.05, 0.1) is 11.7 Å². The Kier molecular flexibility index (Phi) is 4.87. The van der Waals surface area contributed by atoms with Gasteiger partial charge in [-0.3, -0.25) is 9.78 Å². The number of carboxylic acids is 1. The lowest BCUT2D eigenvalue weighted by atomic mass is 9.89. The molecular weight excluding hydrogens is 300 g/mol. The average molecular weight is 318 g/mol. The molecule has 2 atom stereocenters. The van der Waals surface area contributed by atoms with Gasteiger partial charge < -0.3 is 10.4 Å². The summed E-state index contributed by atoms with van der Waals surface area (Å²) < 4.78 is 0. The van der Waals surface area contributed by atoms with E-state index in [0.29, 0.717) is 5.69 Å². The number of aliphatic carboxylic acids is 1. The van der Waals surface area contributed by atoms with Gasteiger partial charge >= 0.3 is 5.97 Å². The molecule has 0 aliphatic heterocycles. The summed E-state index contributed by atoms with van der Waals surface area (Å²) in [5.74, 6) is -1.64. The first kappa shape index (κ1) is 15.7. The number of nitrogens with one attached hydrogen (secondary N) is 1.